The van der Waals surface area contributed by atoms with Gasteiger partial charge in [0.2, 0.25) is 0 Å². The second-order valence-electron chi connectivity index (χ2n) is 4.87. The normalized spacial score (nSPS) is 10.2. The Balaban J connectivity index is 2.35. The zero-order valence-electron chi connectivity index (χ0n) is 12.9. The standard InChI is InChI=1S/C16H25NO4/c1-3-4-5-6-7-8-11-20-13-9-10-14(17)15(12-13)21-16(18)19-2/h9-10,12H,3-8,11,17H2,1-2H3. The number of anilines is 1. The summed E-state index contributed by atoms with van der Waals surface area (Å²) in [6.07, 6.45) is 6.47. The number of carbonyl (C=O) groups is 1. The fourth-order valence-corrected chi connectivity index (χ4v) is 1.90. The van der Waals surface area contributed by atoms with Gasteiger partial charge in [-0.25, -0.2) is 4.79 Å². The molecule has 0 radical (unpaired) electrons. The average Bonchev–Trinajstić information content (AvgIpc) is 2.49. The van der Waals surface area contributed by atoms with E-state index in [4.69, 9.17) is 15.2 Å². The number of nitrogen functional groups attached to an aromatic ring is 1. The van der Waals surface area contributed by atoms with Crippen molar-refractivity contribution in [2.24, 2.45) is 0 Å². The van der Waals surface area contributed by atoms with Crippen LogP contribution >= 0.6 is 0 Å². The van der Waals surface area contributed by atoms with Crippen LogP contribution in [0.2, 0.25) is 0 Å². The summed E-state index contributed by atoms with van der Waals surface area (Å²) in [6.45, 7) is 2.85. The number of benzene rings is 1. The molecule has 0 saturated heterocycles. The molecule has 0 unspecified atom stereocenters. The SMILES string of the molecule is CCCCCCCCOc1ccc(N)c(OC(=O)OC)c1. The molecule has 0 atom stereocenters. The van der Waals surface area contributed by atoms with E-state index in [0.29, 0.717) is 18.0 Å². The van der Waals surface area contributed by atoms with Crippen molar-refractivity contribution in [1.82, 2.24) is 0 Å². The lowest BCUT2D eigenvalue weighted by atomic mass is 10.1. The Labute approximate surface area is 126 Å². The maximum Gasteiger partial charge on any atom is 0.513 e. The van der Waals surface area contributed by atoms with Crippen molar-refractivity contribution in [3.05, 3.63) is 18.2 Å². The van der Waals surface area contributed by atoms with Gasteiger partial charge in [0, 0.05) is 6.07 Å². The summed E-state index contributed by atoms with van der Waals surface area (Å²) in [6, 6.07) is 5.01. The van der Waals surface area contributed by atoms with E-state index in [1.165, 1.54) is 39.2 Å². The second-order valence-corrected chi connectivity index (χ2v) is 4.87. The lowest BCUT2D eigenvalue weighted by molar-refractivity contribution is 0.121. The van der Waals surface area contributed by atoms with Gasteiger partial charge in [-0.05, 0) is 18.6 Å². The Kier molecular flexibility index (Phi) is 8.09. The summed E-state index contributed by atoms with van der Waals surface area (Å²) >= 11 is 0. The number of methoxy groups -OCH3 is 1. The molecule has 1 aromatic carbocycles. The first-order valence-corrected chi connectivity index (χ1v) is 7.45. The number of ether oxygens (including phenoxy) is 3. The maximum absolute atomic E-state index is 11.1. The summed E-state index contributed by atoms with van der Waals surface area (Å²) in [5.41, 5.74) is 6.09. The monoisotopic (exact) mass is 295 g/mol. The molecule has 1 rings (SSSR count). The Morgan fingerprint density at radius 2 is 1.86 bits per heavy atom. The van der Waals surface area contributed by atoms with Crippen molar-refractivity contribution in [1.29, 1.82) is 0 Å². The van der Waals surface area contributed by atoms with Crippen LogP contribution < -0.4 is 15.2 Å². The molecule has 1 aromatic rings. The molecule has 0 aliphatic rings. The molecule has 0 heterocycles. The third-order valence-corrected chi connectivity index (χ3v) is 3.11. The van der Waals surface area contributed by atoms with Gasteiger partial charge in [0.05, 0.1) is 19.4 Å². The van der Waals surface area contributed by atoms with Gasteiger partial charge >= 0.3 is 6.16 Å². The minimum atomic E-state index is -0.797. The van der Waals surface area contributed by atoms with Gasteiger partial charge in [-0.3, -0.25) is 0 Å². The number of hydrogen-bond donors (Lipinski definition) is 1. The first kappa shape index (κ1) is 17.1. The second kappa shape index (κ2) is 9.91. The lowest BCUT2D eigenvalue weighted by Gasteiger charge is -2.10. The molecule has 21 heavy (non-hydrogen) atoms. The minimum absolute atomic E-state index is 0.252. The highest BCUT2D eigenvalue weighted by molar-refractivity contribution is 5.68. The molecule has 0 aliphatic heterocycles. The van der Waals surface area contributed by atoms with Gasteiger partial charge in [-0.1, -0.05) is 39.0 Å². The van der Waals surface area contributed by atoms with Crippen LogP contribution in [0.4, 0.5) is 10.5 Å². The number of unbranched alkanes of at least 4 members (excludes halogenated alkanes) is 5. The van der Waals surface area contributed by atoms with E-state index in [-0.39, 0.29) is 5.75 Å². The molecular weight excluding hydrogens is 270 g/mol. The van der Waals surface area contributed by atoms with Crippen molar-refractivity contribution in [2.45, 2.75) is 45.4 Å². The number of hydrogen-bond acceptors (Lipinski definition) is 5. The lowest BCUT2D eigenvalue weighted by Crippen LogP contribution is -2.09. The van der Waals surface area contributed by atoms with Gasteiger partial charge in [0.25, 0.3) is 0 Å². The van der Waals surface area contributed by atoms with Gasteiger partial charge < -0.3 is 19.9 Å². The van der Waals surface area contributed by atoms with Crippen LogP contribution in [0.15, 0.2) is 18.2 Å². The molecular formula is C16H25NO4. The Morgan fingerprint density at radius 3 is 2.57 bits per heavy atom. The first-order valence-electron chi connectivity index (χ1n) is 7.45. The predicted octanol–water partition coefficient (Wildman–Crippen LogP) is 4.15. The Morgan fingerprint density at radius 1 is 1.14 bits per heavy atom. The quantitative estimate of drug-likeness (QED) is 0.321. The van der Waals surface area contributed by atoms with Crippen LogP contribution in [0.5, 0.6) is 11.5 Å². The molecule has 0 fully saturated rings. The predicted molar refractivity (Wildman–Crippen MR) is 82.8 cm³/mol. The van der Waals surface area contributed by atoms with E-state index < -0.39 is 6.16 Å². The van der Waals surface area contributed by atoms with Gasteiger partial charge in [-0.2, -0.15) is 0 Å². The van der Waals surface area contributed by atoms with Crippen molar-refractivity contribution in [2.75, 3.05) is 19.5 Å². The van der Waals surface area contributed by atoms with Crippen LogP contribution in [-0.4, -0.2) is 19.9 Å². The van der Waals surface area contributed by atoms with E-state index in [2.05, 4.69) is 11.7 Å². The molecule has 2 N–H and O–H groups in total. The highest BCUT2D eigenvalue weighted by atomic mass is 16.7. The first-order chi connectivity index (χ1) is 10.2. The summed E-state index contributed by atoms with van der Waals surface area (Å²) < 4.78 is 15.0. The molecule has 5 nitrogen and oxygen atoms in total. The highest BCUT2D eigenvalue weighted by Gasteiger charge is 2.09. The van der Waals surface area contributed by atoms with Crippen molar-refractivity contribution < 1.29 is 19.0 Å². The van der Waals surface area contributed by atoms with E-state index in [0.717, 1.165) is 6.42 Å². The van der Waals surface area contributed by atoms with Crippen molar-refractivity contribution >= 4 is 11.8 Å². The van der Waals surface area contributed by atoms with Crippen LogP contribution in [0.25, 0.3) is 0 Å². The Bertz CT molecular complexity index is 434. The van der Waals surface area contributed by atoms with Crippen LogP contribution in [-0.2, 0) is 4.74 Å². The van der Waals surface area contributed by atoms with E-state index in [1.54, 1.807) is 18.2 Å². The molecule has 0 spiro atoms. The topological polar surface area (TPSA) is 70.8 Å². The van der Waals surface area contributed by atoms with E-state index in [1.807, 2.05) is 0 Å². The van der Waals surface area contributed by atoms with Gasteiger partial charge in [0.1, 0.15) is 5.75 Å². The molecule has 0 aromatic heterocycles. The van der Waals surface area contributed by atoms with Crippen molar-refractivity contribution in [3.63, 3.8) is 0 Å². The number of nitrogens with two attached hydrogens (primary N) is 1. The summed E-state index contributed by atoms with van der Waals surface area (Å²) in [7, 11) is 1.25. The molecule has 5 heteroatoms. The fraction of sp³-hybridized carbons (Fsp3) is 0.562. The smallest absolute Gasteiger partial charge is 0.493 e. The van der Waals surface area contributed by atoms with Gasteiger partial charge in [-0.15, -0.1) is 0 Å². The van der Waals surface area contributed by atoms with Gasteiger partial charge in [0.15, 0.2) is 5.75 Å². The molecule has 0 saturated carbocycles. The van der Waals surface area contributed by atoms with Crippen LogP contribution in [0.3, 0.4) is 0 Å². The van der Waals surface area contributed by atoms with E-state index >= 15 is 0 Å². The van der Waals surface area contributed by atoms with Crippen LogP contribution in [0, 0.1) is 0 Å². The summed E-state index contributed by atoms with van der Waals surface area (Å²) in [5.74, 6) is 0.888. The Hall–Kier alpha value is -1.91. The van der Waals surface area contributed by atoms with Crippen molar-refractivity contribution in [3.8, 4) is 11.5 Å². The summed E-state index contributed by atoms with van der Waals surface area (Å²) in [5, 5.41) is 0. The number of carbonyl (C=O) groups excluding carboxylic acids is 1. The van der Waals surface area contributed by atoms with E-state index in [9.17, 15) is 4.79 Å². The van der Waals surface area contributed by atoms with Crippen LogP contribution in [0.1, 0.15) is 45.4 Å². The highest BCUT2D eigenvalue weighted by Crippen LogP contribution is 2.27. The molecule has 0 amide bonds. The molecule has 0 aliphatic carbocycles. The third kappa shape index (κ3) is 6.88. The summed E-state index contributed by atoms with van der Waals surface area (Å²) in [4.78, 5) is 11.1. The number of rotatable bonds is 9. The molecule has 0 bridgehead atoms. The zero-order valence-corrected chi connectivity index (χ0v) is 12.9. The average molecular weight is 295 g/mol. The fourth-order valence-electron chi connectivity index (χ4n) is 1.90. The largest absolute Gasteiger partial charge is 0.513 e. The maximum atomic E-state index is 11.1. The third-order valence-electron chi connectivity index (χ3n) is 3.11. The minimum Gasteiger partial charge on any atom is -0.493 e. The zero-order chi connectivity index (χ0) is 15.5. The molecule has 118 valence electrons.